The Morgan fingerprint density at radius 2 is 2.12 bits per heavy atom. The van der Waals surface area contributed by atoms with E-state index < -0.39 is 17.9 Å². The number of amides is 3. The third-order valence-electron chi connectivity index (χ3n) is 2.79. The lowest BCUT2D eigenvalue weighted by Gasteiger charge is -2.13. The Kier molecular flexibility index (Phi) is 2.79. The quantitative estimate of drug-likeness (QED) is 0.730. The van der Waals surface area contributed by atoms with Crippen LogP contribution in [0.25, 0.3) is 0 Å². The highest BCUT2D eigenvalue weighted by atomic mass is 19.1. The monoisotopic (exact) mass is 237 g/mol. The van der Waals surface area contributed by atoms with E-state index in [-0.39, 0.29) is 11.7 Å². The van der Waals surface area contributed by atoms with Crippen molar-refractivity contribution in [1.29, 1.82) is 0 Å². The highest BCUT2D eigenvalue weighted by molar-refractivity contribution is 6.20. The van der Waals surface area contributed by atoms with Gasteiger partial charge in [-0.25, -0.2) is 19.1 Å². The van der Waals surface area contributed by atoms with Crippen molar-refractivity contribution in [3.05, 3.63) is 24.1 Å². The molecular formula is C11H12FN3O2. The molecule has 1 aromatic heterocycles. The summed E-state index contributed by atoms with van der Waals surface area (Å²) in [5, 5.41) is 0. The van der Waals surface area contributed by atoms with Crippen molar-refractivity contribution >= 4 is 17.8 Å². The second-order valence-corrected chi connectivity index (χ2v) is 3.83. The van der Waals surface area contributed by atoms with Gasteiger partial charge in [0.1, 0.15) is 17.7 Å². The normalized spacial score (nSPS) is 20.3. The van der Waals surface area contributed by atoms with Crippen LogP contribution < -0.4 is 4.90 Å². The van der Waals surface area contributed by atoms with Gasteiger partial charge in [-0.2, -0.15) is 0 Å². The maximum absolute atomic E-state index is 12.7. The molecule has 2 heterocycles. The first-order chi connectivity index (χ1) is 8.06. The molecule has 90 valence electrons. The molecule has 1 aliphatic heterocycles. The molecule has 0 unspecified atom stereocenters. The summed E-state index contributed by atoms with van der Waals surface area (Å²) in [6, 6.07) is 1.59. The van der Waals surface area contributed by atoms with Gasteiger partial charge in [-0.05, 0) is 18.6 Å². The number of hydrogen-bond donors (Lipinski definition) is 0. The fourth-order valence-corrected chi connectivity index (χ4v) is 1.86. The minimum Gasteiger partial charge on any atom is -0.315 e. The maximum atomic E-state index is 12.7. The molecule has 6 heteroatoms. The molecule has 0 aliphatic carbocycles. The van der Waals surface area contributed by atoms with E-state index in [2.05, 4.69) is 4.98 Å². The first-order valence-corrected chi connectivity index (χ1v) is 5.28. The molecule has 3 amide bonds. The molecule has 0 bridgehead atoms. The second kappa shape index (κ2) is 4.12. The van der Waals surface area contributed by atoms with Gasteiger partial charge in [0.2, 0.25) is 0 Å². The summed E-state index contributed by atoms with van der Waals surface area (Å²) in [6.07, 6.45) is 1.52. The Morgan fingerprint density at radius 1 is 1.41 bits per heavy atom. The molecule has 0 saturated carbocycles. The van der Waals surface area contributed by atoms with Crippen molar-refractivity contribution in [2.45, 2.75) is 19.4 Å². The van der Waals surface area contributed by atoms with Crippen LogP contribution in [-0.2, 0) is 4.79 Å². The zero-order chi connectivity index (χ0) is 12.6. The smallest absolute Gasteiger partial charge is 0.315 e. The second-order valence-electron chi connectivity index (χ2n) is 3.83. The molecule has 17 heavy (non-hydrogen) atoms. The van der Waals surface area contributed by atoms with Crippen molar-refractivity contribution in [2.24, 2.45) is 0 Å². The Hall–Kier alpha value is -1.98. The third kappa shape index (κ3) is 1.75. The number of halogens is 1. The van der Waals surface area contributed by atoms with Crippen LogP contribution in [0.2, 0.25) is 0 Å². The standard InChI is InChI=1S/C11H12FN3O2/c1-3-8-10(16)15(11(17)14(8)2)9-5-4-7(12)6-13-9/h4-6,8H,3H2,1-2H3/t8-/m0/s1. The van der Waals surface area contributed by atoms with E-state index in [1.54, 1.807) is 7.05 Å². The van der Waals surface area contributed by atoms with E-state index in [1.807, 2.05) is 6.92 Å². The lowest BCUT2D eigenvalue weighted by atomic mass is 10.2. The van der Waals surface area contributed by atoms with Gasteiger partial charge in [-0.3, -0.25) is 4.79 Å². The number of pyridine rings is 1. The average Bonchev–Trinajstić information content (AvgIpc) is 2.52. The summed E-state index contributed by atoms with van der Waals surface area (Å²) in [5.74, 6) is -0.670. The summed E-state index contributed by atoms with van der Waals surface area (Å²) >= 11 is 0. The number of likely N-dealkylation sites (N-methyl/N-ethyl adjacent to an activating group) is 1. The van der Waals surface area contributed by atoms with Gasteiger partial charge in [0, 0.05) is 7.05 Å². The number of imide groups is 1. The highest BCUT2D eigenvalue weighted by Crippen LogP contribution is 2.23. The average molecular weight is 237 g/mol. The Labute approximate surface area is 97.8 Å². The van der Waals surface area contributed by atoms with Gasteiger partial charge in [0.05, 0.1) is 6.20 Å². The molecule has 1 fully saturated rings. The molecule has 2 rings (SSSR count). The summed E-state index contributed by atoms with van der Waals surface area (Å²) in [7, 11) is 1.57. The summed E-state index contributed by atoms with van der Waals surface area (Å²) in [5.41, 5.74) is 0. The topological polar surface area (TPSA) is 53.5 Å². The van der Waals surface area contributed by atoms with Crippen molar-refractivity contribution < 1.29 is 14.0 Å². The van der Waals surface area contributed by atoms with E-state index in [0.29, 0.717) is 6.42 Å². The van der Waals surface area contributed by atoms with Crippen molar-refractivity contribution in [3.8, 4) is 0 Å². The minimum atomic E-state index is -0.506. The van der Waals surface area contributed by atoms with Crippen LogP contribution >= 0.6 is 0 Å². The number of urea groups is 1. The fourth-order valence-electron chi connectivity index (χ4n) is 1.86. The van der Waals surface area contributed by atoms with Crippen LogP contribution in [-0.4, -0.2) is 34.9 Å². The Morgan fingerprint density at radius 3 is 2.59 bits per heavy atom. The molecule has 1 aliphatic rings. The summed E-state index contributed by atoms with van der Waals surface area (Å²) in [6.45, 7) is 1.83. The Bertz CT molecular complexity index is 460. The lowest BCUT2D eigenvalue weighted by molar-refractivity contribution is -0.119. The Balaban J connectivity index is 2.36. The lowest BCUT2D eigenvalue weighted by Crippen LogP contribution is -2.32. The number of aromatic nitrogens is 1. The molecule has 0 N–H and O–H groups in total. The molecular weight excluding hydrogens is 225 g/mol. The van der Waals surface area contributed by atoms with Gasteiger partial charge < -0.3 is 4.90 Å². The van der Waals surface area contributed by atoms with Crippen molar-refractivity contribution in [3.63, 3.8) is 0 Å². The van der Waals surface area contributed by atoms with Gasteiger partial charge in [-0.1, -0.05) is 6.92 Å². The fraction of sp³-hybridized carbons (Fsp3) is 0.364. The maximum Gasteiger partial charge on any atom is 0.333 e. The zero-order valence-corrected chi connectivity index (χ0v) is 9.55. The predicted molar refractivity (Wildman–Crippen MR) is 58.9 cm³/mol. The van der Waals surface area contributed by atoms with Crippen molar-refractivity contribution in [2.75, 3.05) is 11.9 Å². The zero-order valence-electron chi connectivity index (χ0n) is 9.55. The van der Waals surface area contributed by atoms with Crippen LogP contribution in [0.3, 0.4) is 0 Å². The van der Waals surface area contributed by atoms with Crippen LogP contribution in [0.4, 0.5) is 15.0 Å². The van der Waals surface area contributed by atoms with E-state index >= 15 is 0 Å². The number of rotatable bonds is 2. The van der Waals surface area contributed by atoms with Crippen LogP contribution in [0.15, 0.2) is 18.3 Å². The SMILES string of the molecule is CC[C@H]1C(=O)N(c2ccc(F)cn2)C(=O)N1C. The molecule has 1 atom stereocenters. The minimum absolute atomic E-state index is 0.157. The molecule has 5 nitrogen and oxygen atoms in total. The molecule has 1 aromatic rings. The van der Waals surface area contributed by atoms with E-state index in [1.165, 1.54) is 17.0 Å². The number of nitrogens with zero attached hydrogens (tertiary/aromatic N) is 3. The van der Waals surface area contributed by atoms with Gasteiger partial charge in [-0.15, -0.1) is 0 Å². The number of carbonyl (C=O) groups excluding carboxylic acids is 2. The molecule has 0 radical (unpaired) electrons. The molecule has 0 spiro atoms. The third-order valence-corrected chi connectivity index (χ3v) is 2.79. The summed E-state index contributed by atoms with van der Waals surface area (Å²) < 4.78 is 12.7. The summed E-state index contributed by atoms with van der Waals surface area (Å²) in [4.78, 5) is 29.9. The number of hydrogen-bond acceptors (Lipinski definition) is 3. The van der Waals surface area contributed by atoms with E-state index in [4.69, 9.17) is 0 Å². The van der Waals surface area contributed by atoms with Crippen LogP contribution in [0.5, 0.6) is 0 Å². The van der Waals surface area contributed by atoms with E-state index in [9.17, 15) is 14.0 Å². The molecule has 1 saturated heterocycles. The number of anilines is 1. The van der Waals surface area contributed by atoms with Crippen LogP contribution in [0.1, 0.15) is 13.3 Å². The highest BCUT2D eigenvalue weighted by Gasteiger charge is 2.43. The first kappa shape index (κ1) is 11.5. The first-order valence-electron chi connectivity index (χ1n) is 5.28. The van der Waals surface area contributed by atoms with Gasteiger partial charge in [0.25, 0.3) is 5.91 Å². The number of carbonyl (C=O) groups is 2. The van der Waals surface area contributed by atoms with Gasteiger partial charge >= 0.3 is 6.03 Å². The molecule has 0 aromatic carbocycles. The van der Waals surface area contributed by atoms with Crippen LogP contribution in [0, 0.1) is 5.82 Å². The van der Waals surface area contributed by atoms with E-state index in [0.717, 1.165) is 11.1 Å². The van der Waals surface area contributed by atoms with Gasteiger partial charge in [0.15, 0.2) is 0 Å². The predicted octanol–water partition coefficient (Wildman–Crippen LogP) is 1.40. The van der Waals surface area contributed by atoms with Crippen molar-refractivity contribution in [1.82, 2.24) is 9.88 Å². The largest absolute Gasteiger partial charge is 0.333 e.